The SMILES string of the molecule is CCc1nc(N)cc(-c2cc(OC)ccc2OC)n1. The summed E-state index contributed by atoms with van der Waals surface area (Å²) < 4.78 is 10.6. The van der Waals surface area contributed by atoms with Gasteiger partial charge in [-0.3, -0.25) is 0 Å². The predicted octanol–water partition coefficient (Wildman–Crippen LogP) is 2.31. The van der Waals surface area contributed by atoms with Crippen molar-refractivity contribution in [2.24, 2.45) is 0 Å². The number of nitrogens with two attached hydrogens (primary N) is 1. The number of hydrogen-bond acceptors (Lipinski definition) is 5. The van der Waals surface area contributed by atoms with E-state index < -0.39 is 0 Å². The summed E-state index contributed by atoms with van der Waals surface area (Å²) in [5.74, 6) is 2.62. The van der Waals surface area contributed by atoms with Crippen LogP contribution in [0.15, 0.2) is 24.3 Å². The standard InChI is InChI=1S/C14H17N3O2/c1-4-14-16-11(8-13(15)17-14)10-7-9(18-2)5-6-12(10)19-3/h5-8H,4H2,1-3H3,(H2,15,16,17). The highest BCUT2D eigenvalue weighted by atomic mass is 16.5. The molecule has 1 aromatic heterocycles. The average molecular weight is 259 g/mol. The van der Waals surface area contributed by atoms with Crippen LogP contribution in [0.4, 0.5) is 5.82 Å². The molecule has 0 saturated carbocycles. The van der Waals surface area contributed by atoms with Crippen molar-refractivity contribution < 1.29 is 9.47 Å². The highest BCUT2D eigenvalue weighted by molar-refractivity contribution is 5.70. The summed E-state index contributed by atoms with van der Waals surface area (Å²) in [4.78, 5) is 8.65. The van der Waals surface area contributed by atoms with Crippen LogP contribution in [0.1, 0.15) is 12.7 Å². The second-order valence-corrected chi connectivity index (χ2v) is 4.01. The first-order chi connectivity index (χ1) is 9.17. The summed E-state index contributed by atoms with van der Waals surface area (Å²) in [6, 6.07) is 7.29. The van der Waals surface area contributed by atoms with Crippen molar-refractivity contribution in [1.82, 2.24) is 9.97 Å². The number of methoxy groups -OCH3 is 2. The van der Waals surface area contributed by atoms with Gasteiger partial charge in [-0.25, -0.2) is 9.97 Å². The minimum absolute atomic E-state index is 0.451. The Morgan fingerprint density at radius 3 is 2.53 bits per heavy atom. The van der Waals surface area contributed by atoms with Gasteiger partial charge in [0.25, 0.3) is 0 Å². The fourth-order valence-corrected chi connectivity index (χ4v) is 1.83. The van der Waals surface area contributed by atoms with Crippen molar-refractivity contribution in [2.75, 3.05) is 20.0 Å². The smallest absolute Gasteiger partial charge is 0.131 e. The van der Waals surface area contributed by atoms with Crippen LogP contribution in [-0.2, 0) is 6.42 Å². The number of benzene rings is 1. The Hall–Kier alpha value is -2.30. The van der Waals surface area contributed by atoms with Crippen LogP contribution in [0.5, 0.6) is 11.5 Å². The first kappa shape index (κ1) is 13.1. The number of hydrogen-bond donors (Lipinski definition) is 1. The monoisotopic (exact) mass is 259 g/mol. The molecule has 5 heteroatoms. The van der Waals surface area contributed by atoms with E-state index in [1.807, 2.05) is 25.1 Å². The molecule has 19 heavy (non-hydrogen) atoms. The Morgan fingerprint density at radius 2 is 1.89 bits per heavy atom. The zero-order valence-corrected chi connectivity index (χ0v) is 11.3. The second kappa shape index (κ2) is 5.56. The van der Waals surface area contributed by atoms with Crippen molar-refractivity contribution in [3.05, 3.63) is 30.1 Å². The lowest BCUT2D eigenvalue weighted by molar-refractivity contribution is 0.404. The number of ether oxygens (including phenoxy) is 2. The third kappa shape index (κ3) is 2.76. The number of aromatic nitrogens is 2. The van der Waals surface area contributed by atoms with Gasteiger partial charge in [0.1, 0.15) is 23.1 Å². The topological polar surface area (TPSA) is 70.3 Å². The molecule has 1 aromatic carbocycles. The summed E-state index contributed by atoms with van der Waals surface area (Å²) in [6.45, 7) is 1.99. The first-order valence-corrected chi connectivity index (χ1v) is 6.03. The Balaban J connectivity index is 2.59. The normalized spacial score (nSPS) is 10.3. The van der Waals surface area contributed by atoms with E-state index in [4.69, 9.17) is 15.2 Å². The summed E-state index contributed by atoms with van der Waals surface area (Å²) in [5, 5.41) is 0. The second-order valence-electron chi connectivity index (χ2n) is 4.01. The molecule has 0 saturated heterocycles. The van der Waals surface area contributed by atoms with Gasteiger partial charge < -0.3 is 15.2 Å². The quantitative estimate of drug-likeness (QED) is 0.912. The molecule has 0 aliphatic heterocycles. The Labute approximate surface area is 112 Å². The van der Waals surface area contributed by atoms with Gasteiger partial charge >= 0.3 is 0 Å². The molecule has 100 valence electrons. The van der Waals surface area contributed by atoms with Crippen molar-refractivity contribution in [2.45, 2.75) is 13.3 Å². The zero-order valence-electron chi connectivity index (χ0n) is 11.3. The van der Waals surface area contributed by atoms with Gasteiger partial charge in [-0.1, -0.05) is 6.92 Å². The minimum atomic E-state index is 0.451. The average Bonchev–Trinajstić information content (AvgIpc) is 2.45. The van der Waals surface area contributed by atoms with E-state index in [1.165, 1.54) is 0 Å². The lowest BCUT2D eigenvalue weighted by atomic mass is 10.1. The van der Waals surface area contributed by atoms with Crippen LogP contribution >= 0.6 is 0 Å². The lowest BCUT2D eigenvalue weighted by Crippen LogP contribution is -2.01. The molecular formula is C14H17N3O2. The van der Waals surface area contributed by atoms with E-state index in [1.54, 1.807) is 20.3 Å². The lowest BCUT2D eigenvalue weighted by Gasteiger charge is -2.11. The Kier molecular flexibility index (Phi) is 3.85. The number of nitrogen functional groups attached to an aromatic ring is 1. The van der Waals surface area contributed by atoms with Gasteiger partial charge in [0.2, 0.25) is 0 Å². The fraction of sp³-hybridized carbons (Fsp3) is 0.286. The number of nitrogens with zero attached hydrogens (tertiary/aromatic N) is 2. The van der Waals surface area contributed by atoms with Crippen LogP contribution < -0.4 is 15.2 Å². The molecule has 0 atom stereocenters. The highest BCUT2D eigenvalue weighted by Gasteiger charge is 2.11. The maximum Gasteiger partial charge on any atom is 0.131 e. The third-order valence-corrected chi connectivity index (χ3v) is 2.79. The van der Waals surface area contributed by atoms with Crippen LogP contribution in [0, 0.1) is 0 Å². The molecule has 0 aliphatic rings. The number of aryl methyl sites for hydroxylation is 1. The summed E-state index contributed by atoms with van der Waals surface area (Å²) in [5.41, 5.74) is 7.39. The van der Waals surface area contributed by atoms with Gasteiger partial charge in [-0.2, -0.15) is 0 Å². The van der Waals surface area contributed by atoms with E-state index in [-0.39, 0.29) is 0 Å². The van der Waals surface area contributed by atoms with Crippen LogP contribution in [0.3, 0.4) is 0 Å². The Bertz CT molecular complexity index is 585. The molecule has 0 fully saturated rings. The van der Waals surface area contributed by atoms with Crippen molar-refractivity contribution in [3.8, 4) is 22.8 Å². The molecule has 1 heterocycles. The minimum Gasteiger partial charge on any atom is -0.497 e. The number of anilines is 1. The fourth-order valence-electron chi connectivity index (χ4n) is 1.83. The molecule has 0 aliphatic carbocycles. The van der Waals surface area contributed by atoms with Crippen LogP contribution in [0.2, 0.25) is 0 Å². The first-order valence-electron chi connectivity index (χ1n) is 6.03. The summed E-state index contributed by atoms with van der Waals surface area (Å²) in [6.07, 6.45) is 0.727. The molecule has 0 spiro atoms. The molecule has 0 unspecified atom stereocenters. The molecule has 2 N–H and O–H groups in total. The number of rotatable bonds is 4. The molecular weight excluding hydrogens is 242 g/mol. The Morgan fingerprint density at radius 1 is 1.11 bits per heavy atom. The predicted molar refractivity (Wildman–Crippen MR) is 74.4 cm³/mol. The van der Waals surface area contributed by atoms with Gasteiger partial charge in [-0.05, 0) is 18.2 Å². The van der Waals surface area contributed by atoms with Gasteiger partial charge in [0, 0.05) is 18.1 Å². The summed E-state index contributed by atoms with van der Waals surface area (Å²) in [7, 11) is 3.24. The molecule has 0 bridgehead atoms. The maximum absolute atomic E-state index is 5.81. The van der Waals surface area contributed by atoms with Gasteiger partial charge in [0.15, 0.2) is 0 Å². The van der Waals surface area contributed by atoms with E-state index in [0.717, 1.165) is 29.2 Å². The third-order valence-electron chi connectivity index (χ3n) is 2.79. The molecule has 2 aromatic rings. The van der Waals surface area contributed by atoms with Gasteiger partial charge in [-0.15, -0.1) is 0 Å². The summed E-state index contributed by atoms with van der Waals surface area (Å²) >= 11 is 0. The van der Waals surface area contributed by atoms with Crippen LogP contribution in [0.25, 0.3) is 11.3 Å². The zero-order chi connectivity index (χ0) is 13.8. The molecule has 5 nitrogen and oxygen atoms in total. The molecule has 2 rings (SSSR count). The van der Waals surface area contributed by atoms with E-state index in [0.29, 0.717) is 11.6 Å². The van der Waals surface area contributed by atoms with Gasteiger partial charge in [0.05, 0.1) is 19.9 Å². The van der Waals surface area contributed by atoms with Crippen molar-refractivity contribution in [3.63, 3.8) is 0 Å². The van der Waals surface area contributed by atoms with Crippen molar-refractivity contribution >= 4 is 5.82 Å². The maximum atomic E-state index is 5.81. The van der Waals surface area contributed by atoms with E-state index in [2.05, 4.69) is 9.97 Å². The largest absolute Gasteiger partial charge is 0.497 e. The highest BCUT2D eigenvalue weighted by Crippen LogP contribution is 2.32. The molecule has 0 amide bonds. The molecule has 0 radical (unpaired) electrons. The van der Waals surface area contributed by atoms with Crippen molar-refractivity contribution in [1.29, 1.82) is 0 Å². The van der Waals surface area contributed by atoms with E-state index >= 15 is 0 Å². The van der Waals surface area contributed by atoms with Crippen LogP contribution in [-0.4, -0.2) is 24.2 Å². The van der Waals surface area contributed by atoms with E-state index in [9.17, 15) is 0 Å².